The van der Waals surface area contributed by atoms with E-state index in [2.05, 4.69) is 4.98 Å². The zero-order valence-corrected chi connectivity index (χ0v) is 11.8. The molecule has 2 heterocycles. The Hall–Kier alpha value is -2.44. The number of benzene rings is 1. The van der Waals surface area contributed by atoms with E-state index >= 15 is 0 Å². The van der Waals surface area contributed by atoms with Crippen LogP contribution in [-0.4, -0.2) is 22.5 Å². The van der Waals surface area contributed by atoms with Crippen molar-refractivity contribution in [1.82, 2.24) is 8.96 Å². The molecular formula is C16H14N2O3S. The fraction of sp³-hybridized carbons (Fsp3) is 0.0625. The van der Waals surface area contributed by atoms with Crippen LogP contribution in [-0.2, 0) is 16.6 Å². The standard InChI is InChI=1S/C16H14N2O3S/c19-12-13-9-16(14-5-2-1-3-6-14)18(11-13)22(20,21)15-7-4-8-17-10-15/h1-11,19H,12H2/i1D,2D,3D,5D,6D,12D2. The summed E-state index contributed by atoms with van der Waals surface area (Å²) >= 11 is 0. The average molecular weight is 321 g/mol. The highest BCUT2D eigenvalue weighted by molar-refractivity contribution is 7.90. The van der Waals surface area contributed by atoms with Crippen LogP contribution >= 0.6 is 0 Å². The number of aromatic nitrogens is 2. The van der Waals surface area contributed by atoms with Gasteiger partial charge in [-0.2, -0.15) is 0 Å². The van der Waals surface area contributed by atoms with Crippen LogP contribution in [0.15, 0.2) is 71.9 Å². The van der Waals surface area contributed by atoms with Gasteiger partial charge >= 0.3 is 0 Å². The largest absolute Gasteiger partial charge is 0.392 e. The van der Waals surface area contributed by atoms with Crippen molar-refractivity contribution in [1.29, 1.82) is 0 Å². The molecule has 6 heteroatoms. The minimum absolute atomic E-state index is 0.269. The Balaban J connectivity index is 2.42. The second kappa shape index (κ2) is 5.75. The van der Waals surface area contributed by atoms with Crippen LogP contribution in [0.3, 0.4) is 0 Å². The van der Waals surface area contributed by atoms with Gasteiger partial charge in [-0.05, 0) is 29.3 Å². The lowest BCUT2D eigenvalue weighted by Gasteiger charge is -2.10. The summed E-state index contributed by atoms with van der Waals surface area (Å²) in [5.41, 5.74) is -1.30. The molecule has 0 aliphatic heterocycles. The second-order valence-corrected chi connectivity index (χ2v) is 6.03. The average Bonchev–Trinajstić information content (AvgIpc) is 3.12. The van der Waals surface area contributed by atoms with Gasteiger partial charge in [0, 0.05) is 18.6 Å². The number of pyridine rings is 1. The van der Waals surface area contributed by atoms with Crippen LogP contribution in [0.4, 0.5) is 0 Å². The molecule has 0 radical (unpaired) electrons. The van der Waals surface area contributed by atoms with E-state index < -0.39 is 63.6 Å². The summed E-state index contributed by atoms with van der Waals surface area (Å²) < 4.78 is 81.2. The van der Waals surface area contributed by atoms with Crippen LogP contribution in [0.1, 0.15) is 15.2 Å². The van der Waals surface area contributed by atoms with Crippen molar-refractivity contribution in [2.24, 2.45) is 0 Å². The number of hydrogen-bond acceptors (Lipinski definition) is 4. The van der Waals surface area contributed by atoms with Crippen molar-refractivity contribution in [3.05, 3.63) is 72.6 Å². The highest BCUT2D eigenvalue weighted by Crippen LogP contribution is 2.26. The van der Waals surface area contributed by atoms with Gasteiger partial charge in [-0.15, -0.1) is 0 Å². The van der Waals surface area contributed by atoms with Crippen molar-refractivity contribution in [3.63, 3.8) is 0 Å². The third-order valence-corrected chi connectivity index (χ3v) is 4.52. The van der Waals surface area contributed by atoms with Gasteiger partial charge in [-0.3, -0.25) is 4.98 Å². The molecule has 0 atom stereocenters. The summed E-state index contributed by atoms with van der Waals surface area (Å²) in [5, 5.41) is 9.72. The lowest BCUT2D eigenvalue weighted by atomic mass is 10.1. The molecule has 0 aliphatic rings. The SMILES string of the molecule is [2H]c1c([2H])c([2H])c(-c2cc(C([2H])([2H])O)cn2S(=O)(=O)c2cccnc2)c([2H])c1[2H]. The molecule has 2 aromatic heterocycles. The summed E-state index contributed by atoms with van der Waals surface area (Å²) in [7, 11) is -4.39. The summed E-state index contributed by atoms with van der Waals surface area (Å²) in [5.74, 6) is 0. The molecule has 1 N–H and O–H groups in total. The monoisotopic (exact) mass is 321 g/mol. The maximum atomic E-state index is 13.1. The van der Waals surface area contributed by atoms with Crippen LogP contribution in [0.5, 0.6) is 0 Å². The van der Waals surface area contributed by atoms with Gasteiger partial charge in [0.1, 0.15) is 4.90 Å². The third-order valence-electron chi connectivity index (χ3n) is 2.86. The van der Waals surface area contributed by atoms with Gasteiger partial charge in [-0.25, -0.2) is 12.4 Å². The molecule has 0 spiro atoms. The first-order valence-corrected chi connectivity index (χ1v) is 7.49. The molecular weight excluding hydrogens is 300 g/mol. The molecule has 0 unspecified atom stereocenters. The summed E-state index contributed by atoms with van der Waals surface area (Å²) in [4.78, 5) is 3.47. The molecule has 22 heavy (non-hydrogen) atoms. The normalized spacial score (nSPS) is 16.7. The Morgan fingerprint density at radius 2 is 2.09 bits per heavy atom. The molecule has 3 rings (SSSR count). The van der Waals surface area contributed by atoms with Crippen molar-refractivity contribution in [2.45, 2.75) is 11.5 Å². The number of hydrogen-bond donors (Lipinski definition) is 1. The van der Waals surface area contributed by atoms with Gasteiger partial charge in [0.05, 0.1) is 21.8 Å². The van der Waals surface area contributed by atoms with Gasteiger partial charge in [-0.1, -0.05) is 30.2 Å². The van der Waals surface area contributed by atoms with E-state index in [9.17, 15) is 13.5 Å². The lowest BCUT2D eigenvalue weighted by Crippen LogP contribution is -2.13. The molecule has 0 saturated heterocycles. The Bertz CT molecular complexity index is 1180. The van der Waals surface area contributed by atoms with E-state index in [0.29, 0.717) is 3.97 Å². The van der Waals surface area contributed by atoms with Crippen LogP contribution in [0, 0.1) is 0 Å². The van der Waals surface area contributed by atoms with Crippen molar-refractivity contribution >= 4 is 10.0 Å². The van der Waals surface area contributed by atoms with E-state index in [0.717, 1.165) is 18.5 Å². The van der Waals surface area contributed by atoms with E-state index in [1.807, 2.05) is 0 Å². The summed E-state index contributed by atoms with van der Waals surface area (Å²) in [6, 6.07) is 0.191. The topological polar surface area (TPSA) is 72.2 Å². The van der Waals surface area contributed by atoms with Crippen LogP contribution in [0.2, 0.25) is 0 Å². The van der Waals surface area contributed by atoms with Gasteiger partial charge in [0.15, 0.2) is 0 Å². The Morgan fingerprint density at radius 3 is 2.73 bits per heavy atom. The van der Waals surface area contributed by atoms with E-state index in [1.165, 1.54) is 18.3 Å². The first kappa shape index (κ1) is 8.26. The summed E-state index contributed by atoms with van der Waals surface area (Å²) in [6.45, 7) is -2.93. The molecule has 5 nitrogen and oxygen atoms in total. The fourth-order valence-electron chi connectivity index (χ4n) is 1.88. The molecule has 0 saturated carbocycles. The smallest absolute Gasteiger partial charge is 0.269 e. The first-order valence-electron chi connectivity index (χ1n) is 9.55. The van der Waals surface area contributed by atoms with Gasteiger partial charge in [0.25, 0.3) is 10.0 Å². The van der Waals surface area contributed by atoms with Crippen LogP contribution in [0.25, 0.3) is 11.3 Å². The Kier molecular flexibility index (Phi) is 2.16. The van der Waals surface area contributed by atoms with E-state index in [1.54, 1.807) is 0 Å². The van der Waals surface area contributed by atoms with E-state index in [4.69, 9.17) is 9.60 Å². The number of nitrogens with zero attached hydrogens (tertiary/aromatic N) is 2. The first-order chi connectivity index (χ1) is 13.4. The van der Waals surface area contributed by atoms with Crippen molar-refractivity contribution in [3.8, 4) is 11.3 Å². The zero-order chi connectivity index (χ0) is 21.7. The number of rotatable bonds is 4. The minimum atomic E-state index is -4.39. The molecule has 112 valence electrons. The minimum Gasteiger partial charge on any atom is -0.392 e. The highest BCUT2D eigenvalue weighted by Gasteiger charge is 2.21. The van der Waals surface area contributed by atoms with Crippen molar-refractivity contribution < 1.29 is 23.1 Å². The van der Waals surface area contributed by atoms with Gasteiger partial charge < -0.3 is 5.11 Å². The number of aliphatic hydroxyl groups is 1. The molecule has 1 aromatic carbocycles. The maximum absolute atomic E-state index is 13.1. The Morgan fingerprint density at radius 1 is 1.32 bits per heavy atom. The Labute approximate surface area is 138 Å². The molecule has 0 bridgehead atoms. The van der Waals surface area contributed by atoms with E-state index in [-0.39, 0.29) is 4.90 Å². The predicted octanol–water partition coefficient (Wildman–Crippen LogP) is 2.28. The fourth-order valence-corrected chi connectivity index (χ4v) is 3.20. The second-order valence-electron chi connectivity index (χ2n) is 4.22. The predicted molar refractivity (Wildman–Crippen MR) is 82.6 cm³/mol. The van der Waals surface area contributed by atoms with Gasteiger partial charge in [0.2, 0.25) is 0 Å². The zero-order valence-electron chi connectivity index (χ0n) is 18.0. The highest BCUT2D eigenvalue weighted by atomic mass is 32.2. The molecule has 0 aliphatic carbocycles. The molecule has 3 aromatic rings. The maximum Gasteiger partial charge on any atom is 0.269 e. The third kappa shape index (κ3) is 2.54. The van der Waals surface area contributed by atoms with Crippen LogP contribution < -0.4 is 0 Å². The van der Waals surface area contributed by atoms with Crippen molar-refractivity contribution in [2.75, 3.05) is 0 Å². The quantitative estimate of drug-likeness (QED) is 0.800. The molecule has 0 amide bonds. The lowest BCUT2D eigenvalue weighted by molar-refractivity contribution is 0.282. The molecule has 0 fully saturated rings. The summed E-state index contributed by atoms with van der Waals surface area (Å²) in [6.07, 6.45) is 3.20.